The van der Waals surface area contributed by atoms with E-state index in [1.165, 1.54) is 0 Å². The monoisotopic (exact) mass is 220 g/mol. The number of hydrogen-bond donors (Lipinski definition) is 0. The van der Waals surface area contributed by atoms with Crippen LogP contribution < -0.4 is 0 Å². The lowest BCUT2D eigenvalue weighted by Crippen LogP contribution is -2.27. The number of nitrogens with zero attached hydrogens (tertiary/aromatic N) is 2. The number of aldehydes is 1. The van der Waals surface area contributed by atoms with Crippen molar-refractivity contribution in [3.05, 3.63) is 23.7 Å². The molecule has 1 rings (SSSR count). The Labute approximate surface area is 95.5 Å². The second-order valence-corrected chi connectivity index (χ2v) is 3.78. The number of nitriles is 1. The van der Waals surface area contributed by atoms with E-state index in [1.54, 1.807) is 12.1 Å². The second-order valence-electron chi connectivity index (χ2n) is 3.78. The van der Waals surface area contributed by atoms with Gasteiger partial charge in [-0.15, -0.1) is 0 Å². The van der Waals surface area contributed by atoms with Gasteiger partial charge in [0.1, 0.15) is 5.76 Å². The van der Waals surface area contributed by atoms with Crippen LogP contribution in [0.2, 0.25) is 0 Å². The average Bonchev–Trinajstić information content (AvgIpc) is 2.75. The van der Waals surface area contributed by atoms with Crippen molar-refractivity contribution >= 4 is 6.29 Å². The van der Waals surface area contributed by atoms with Crippen molar-refractivity contribution in [2.24, 2.45) is 5.92 Å². The lowest BCUT2D eigenvalue weighted by Gasteiger charge is -2.19. The Balaban J connectivity index is 2.56. The Morgan fingerprint density at radius 1 is 1.62 bits per heavy atom. The van der Waals surface area contributed by atoms with Crippen molar-refractivity contribution < 1.29 is 9.21 Å². The third-order valence-electron chi connectivity index (χ3n) is 2.38. The Hall–Kier alpha value is -1.60. The molecular weight excluding hydrogens is 204 g/mol. The van der Waals surface area contributed by atoms with Crippen LogP contribution >= 0.6 is 0 Å². The molecule has 1 aromatic heterocycles. The van der Waals surface area contributed by atoms with Gasteiger partial charge in [-0.05, 0) is 25.6 Å². The van der Waals surface area contributed by atoms with Crippen LogP contribution in [0.15, 0.2) is 16.5 Å². The van der Waals surface area contributed by atoms with E-state index in [9.17, 15) is 4.79 Å². The molecule has 0 spiro atoms. The van der Waals surface area contributed by atoms with Crippen LogP contribution in [0.4, 0.5) is 0 Å². The highest BCUT2D eigenvalue weighted by Gasteiger charge is 2.10. The van der Waals surface area contributed by atoms with Crippen LogP contribution in [0.3, 0.4) is 0 Å². The molecular formula is C12H16N2O2. The molecule has 86 valence electrons. The maximum Gasteiger partial charge on any atom is 0.185 e. The third-order valence-corrected chi connectivity index (χ3v) is 2.38. The zero-order valence-electron chi connectivity index (χ0n) is 9.64. The molecule has 0 aliphatic carbocycles. The first-order valence-corrected chi connectivity index (χ1v) is 5.35. The topological polar surface area (TPSA) is 57.2 Å². The van der Waals surface area contributed by atoms with Gasteiger partial charge < -0.3 is 4.42 Å². The molecule has 4 nitrogen and oxygen atoms in total. The molecule has 0 aliphatic rings. The van der Waals surface area contributed by atoms with E-state index < -0.39 is 0 Å². The highest BCUT2D eigenvalue weighted by molar-refractivity contribution is 5.70. The van der Waals surface area contributed by atoms with Crippen molar-refractivity contribution in [2.45, 2.75) is 20.4 Å². The Bertz CT molecular complexity index is 379. The number of hydrogen-bond acceptors (Lipinski definition) is 4. The predicted molar refractivity (Wildman–Crippen MR) is 59.8 cm³/mol. The fourth-order valence-electron chi connectivity index (χ4n) is 1.50. The van der Waals surface area contributed by atoms with E-state index >= 15 is 0 Å². The quantitative estimate of drug-likeness (QED) is 0.689. The summed E-state index contributed by atoms with van der Waals surface area (Å²) >= 11 is 0. The Kier molecular flexibility index (Phi) is 4.74. The van der Waals surface area contributed by atoms with Crippen molar-refractivity contribution in [2.75, 3.05) is 13.1 Å². The largest absolute Gasteiger partial charge is 0.457 e. The minimum atomic E-state index is 0.000420. The zero-order valence-corrected chi connectivity index (χ0v) is 9.64. The maximum atomic E-state index is 10.4. The maximum absolute atomic E-state index is 10.4. The smallest absolute Gasteiger partial charge is 0.185 e. The highest BCUT2D eigenvalue weighted by atomic mass is 16.3. The minimum absolute atomic E-state index is 0.000420. The molecule has 16 heavy (non-hydrogen) atoms. The van der Waals surface area contributed by atoms with Crippen molar-refractivity contribution in [3.63, 3.8) is 0 Å². The zero-order chi connectivity index (χ0) is 12.0. The molecule has 4 heteroatoms. The average molecular weight is 220 g/mol. The third kappa shape index (κ3) is 3.52. The molecule has 1 atom stereocenters. The van der Waals surface area contributed by atoms with E-state index in [4.69, 9.17) is 9.68 Å². The molecule has 1 heterocycles. The van der Waals surface area contributed by atoms with E-state index in [2.05, 4.69) is 11.0 Å². The van der Waals surface area contributed by atoms with Crippen molar-refractivity contribution in [1.82, 2.24) is 4.90 Å². The molecule has 0 aliphatic heterocycles. The molecule has 0 amide bonds. The fourth-order valence-corrected chi connectivity index (χ4v) is 1.50. The standard InChI is InChI=1S/C12H16N2O2/c1-3-14(7-10(2)6-13)8-11-4-5-12(9-15)16-11/h4-5,9-10H,3,7-8H2,1-2H3. The fraction of sp³-hybridized carbons (Fsp3) is 0.500. The lowest BCUT2D eigenvalue weighted by atomic mass is 10.2. The Morgan fingerprint density at radius 3 is 2.88 bits per heavy atom. The van der Waals surface area contributed by atoms with E-state index in [1.807, 2.05) is 13.8 Å². The summed E-state index contributed by atoms with van der Waals surface area (Å²) in [5.74, 6) is 1.11. The van der Waals surface area contributed by atoms with Gasteiger partial charge in [0, 0.05) is 6.54 Å². The van der Waals surface area contributed by atoms with E-state index in [-0.39, 0.29) is 5.92 Å². The van der Waals surface area contributed by atoms with Gasteiger partial charge in [-0.25, -0.2) is 0 Å². The molecule has 0 saturated heterocycles. The molecule has 0 N–H and O–H groups in total. The van der Waals surface area contributed by atoms with Crippen LogP contribution in [0, 0.1) is 17.2 Å². The van der Waals surface area contributed by atoms with Gasteiger partial charge in [-0.2, -0.15) is 5.26 Å². The molecule has 1 aromatic rings. The molecule has 1 unspecified atom stereocenters. The molecule has 0 fully saturated rings. The van der Waals surface area contributed by atoms with Crippen molar-refractivity contribution in [1.29, 1.82) is 5.26 Å². The van der Waals surface area contributed by atoms with Crippen LogP contribution in [0.1, 0.15) is 30.2 Å². The summed E-state index contributed by atoms with van der Waals surface area (Å²) in [5.41, 5.74) is 0. The number of furan rings is 1. The van der Waals surface area contributed by atoms with Crippen molar-refractivity contribution in [3.8, 4) is 6.07 Å². The predicted octanol–water partition coefficient (Wildman–Crippen LogP) is 2.07. The van der Waals surface area contributed by atoms with Crippen LogP contribution in [0.25, 0.3) is 0 Å². The first kappa shape index (κ1) is 12.5. The summed E-state index contributed by atoms with van der Waals surface area (Å²) in [5, 5.41) is 8.74. The SMILES string of the molecule is CCN(Cc1ccc(C=O)o1)CC(C)C#N. The summed E-state index contributed by atoms with van der Waals surface area (Å²) in [7, 11) is 0. The highest BCUT2D eigenvalue weighted by Crippen LogP contribution is 2.10. The van der Waals surface area contributed by atoms with Gasteiger partial charge in [0.05, 0.1) is 18.5 Å². The van der Waals surface area contributed by atoms with Gasteiger partial charge in [0.2, 0.25) is 0 Å². The molecule has 0 saturated carbocycles. The van der Waals surface area contributed by atoms with Gasteiger partial charge in [0.15, 0.2) is 12.0 Å². The summed E-state index contributed by atoms with van der Waals surface area (Å²) in [6.45, 7) is 6.12. The summed E-state index contributed by atoms with van der Waals surface area (Å²) in [6, 6.07) is 5.66. The molecule has 0 radical (unpaired) electrons. The normalized spacial score (nSPS) is 12.4. The summed E-state index contributed by atoms with van der Waals surface area (Å²) in [6.07, 6.45) is 0.692. The van der Waals surface area contributed by atoms with Crippen LogP contribution in [-0.4, -0.2) is 24.3 Å². The van der Waals surface area contributed by atoms with Gasteiger partial charge in [-0.3, -0.25) is 9.69 Å². The second kappa shape index (κ2) is 6.09. The first-order valence-electron chi connectivity index (χ1n) is 5.35. The minimum Gasteiger partial charge on any atom is -0.457 e. The summed E-state index contributed by atoms with van der Waals surface area (Å²) < 4.78 is 5.29. The van der Waals surface area contributed by atoms with E-state index in [0.29, 0.717) is 25.1 Å². The lowest BCUT2D eigenvalue weighted by molar-refractivity contribution is 0.109. The van der Waals surface area contributed by atoms with Crippen LogP contribution in [-0.2, 0) is 6.54 Å². The van der Waals surface area contributed by atoms with Crippen LogP contribution in [0.5, 0.6) is 0 Å². The number of rotatable bonds is 6. The van der Waals surface area contributed by atoms with E-state index in [0.717, 1.165) is 12.3 Å². The first-order chi connectivity index (χ1) is 7.69. The van der Waals surface area contributed by atoms with Gasteiger partial charge >= 0.3 is 0 Å². The molecule has 0 bridgehead atoms. The molecule has 0 aromatic carbocycles. The van der Waals surface area contributed by atoms with Gasteiger partial charge in [0.25, 0.3) is 0 Å². The Morgan fingerprint density at radius 2 is 2.38 bits per heavy atom. The number of carbonyl (C=O) groups is 1. The summed E-state index contributed by atoms with van der Waals surface area (Å²) in [4.78, 5) is 12.6. The van der Waals surface area contributed by atoms with Gasteiger partial charge in [-0.1, -0.05) is 6.92 Å². The number of carbonyl (C=O) groups excluding carboxylic acids is 1.